The molecule has 1 aliphatic heterocycles. The molecule has 0 amide bonds. The van der Waals surface area contributed by atoms with Crippen LogP contribution in [0.15, 0.2) is 42.5 Å². The zero-order valence-corrected chi connectivity index (χ0v) is 17.6. The zero-order valence-electron chi connectivity index (χ0n) is 16.8. The number of aromatic nitrogens is 2. The number of hydrogen-bond donors (Lipinski definition) is 1. The number of fused-ring (bicyclic) bond motifs is 1. The molecule has 0 saturated carbocycles. The number of nitrogens with zero attached hydrogens (tertiary/aromatic N) is 4. The second-order valence-corrected chi connectivity index (χ2v) is 7.88. The van der Waals surface area contributed by atoms with Gasteiger partial charge in [-0.05, 0) is 37.5 Å². The lowest BCUT2D eigenvalue weighted by Crippen LogP contribution is -2.49. The fraction of sp³-hybridized carbons (Fsp3) is 0.364. The molecule has 0 atom stereocenters. The van der Waals surface area contributed by atoms with Crippen LogP contribution in [0.3, 0.4) is 0 Å². The highest BCUT2D eigenvalue weighted by Gasteiger charge is 2.21. The molecule has 5 nitrogen and oxygen atoms in total. The molecule has 2 aromatic carbocycles. The van der Waals surface area contributed by atoms with Crippen molar-refractivity contribution in [3.05, 3.63) is 59.4 Å². The predicted octanol–water partition coefficient (Wildman–Crippen LogP) is 3.70. The van der Waals surface area contributed by atoms with Crippen molar-refractivity contribution < 1.29 is 0 Å². The van der Waals surface area contributed by atoms with Gasteiger partial charge in [0.25, 0.3) is 0 Å². The third-order valence-electron chi connectivity index (χ3n) is 5.73. The summed E-state index contributed by atoms with van der Waals surface area (Å²) in [4.78, 5) is 4.77. The van der Waals surface area contributed by atoms with Gasteiger partial charge in [-0.1, -0.05) is 36.4 Å². The van der Waals surface area contributed by atoms with Gasteiger partial charge in [-0.3, -0.25) is 9.58 Å². The van der Waals surface area contributed by atoms with Gasteiger partial charge in [0.2, 0.25) is 0 Å². The highest BCUT2D eigenvalue weighted by Crippen LogP contribution is 2.23. The average Bonchev–Trinajstić information content (AvgIpc) is 2.95. The van der Waals surface area contributed by atoms with E-state index in [0.717, 1.165) is 49.2 Å². The lowest BCUT2D eigenvalue weighted by Gasteiger charge is -2.36. The molecule has 1 saturated heterocycles. The summed E-state index contributed by atoms with van der Waals surface area (Å²) in [7, 11) is 2.02. The van der Waals surface area contributed by atoms with Crippen molar-refractivity contribution in [3.8, 4) is 0 Å². The van der Waals surface area contributed by atoms with Crippen LogP contribution >= 0.6 is 12.2 Å². The smallest absolute Gasteiger partial charge is 0.173 e. The molecular weight excluding hydrogens is 366 g/mol. The van der Waals surface area contributed by atoms with Crippen LogP contribution in [-0.4, -0.2) is 50.9 Å². The largest absolute Gasteiger partial charge is 0.346 e. The predicted molar refractivity (Wildman–Crippen MR) is 120 cm³/mol. The lowest BCUT2D eigenvalue weighted by molar-refractivity contribution is 0.176. The first-order valence-electron chi connectivity index (χ1n) is 9.78. The minimum absolute atomic E-state index is 0.810. The normalized spacial score (nSPS) is 15.2. The molecule has 0 spiro atoms. The van der Waals surface area contributed by atoms with E-state index in [9.17, 15) is 0 Å². The summed E-state index contributed by atoms with van der Waals surface area (Å²) in [6, 6.07) is 14.7. The van der Waals surface area contributed by atoms with Crippen molar-refractivity contribution in [2.75, 3.05) is 31.5 Å². The number of aryl methyl sites for hydroxylation is 2. The minimum atomic E-state index is 0.810. The van der Waals surface area contributed by atoms with Crippen molar-refractivity contribution in [3.63, 3.8) is 0 Å². The van der Waals surface area contributed by atoms with Crippen molar-refractivity contribution in [2.45, 2.75) is 20.4 Å². The third kappa shape index (κ3) is 3.75. The molecule has 28 heavy (non-hydrogen) atoms. The summed E-state index contributed by atoms with van der Waals surface area (Å²) in [5.74, 6) is 0. The Hall–Kier alpha value is -2.44. The Bertz CT molecular complexity index is 996. The van der Waals surface area contributed by atoms with E-state index in [0.29, 0.717) is 0 Å². The monoisotopic (exact) mass is 393 g/mol. The number of hydrogen-bond acceptors (Lipinski definition) is 3. The van der Waals surface area contributed by atoms with Crippen molar-refractivity contribution in [1.82, 2.24) is 19.6 Å². The number of anilines is 1. The van der Waals surface area contributed by atoms with E-state index in [1.165, 1.54) is 22.0 Å². The van der Waals surface area contributed by atoms with Crippen LogP contribution in [-0.2, 0) is 13.6 Å². The van der Waals surface area contributed by atoms with E-state index in [-0.39, 0.29) is 0 Å². The van der Waals surface area contributed by atoms with E-state index < -0.39 is 0 Å². The van der Waals surface area contributed by atoms with Crippen LogP contribution < -0.4 is 5.32 Å². The number of piperazine rings is 1. The van der Waals surface area contributed by atoms with E-state index >= 15 is 0 Å². The van der Waals surface area contributed by atoms with Crippen LogP contribution in [0.2, 0.25) is 0 Å². The van der Waals surface area contributed by atoms with Crippen LogP contribution in [0.1, 0.15) is 17.0 Å². The molecule has 0 aliphatic carbocycles. The molecule has 4 rings (SSSR count). The fourth-order valence-electron chi connectivity index (χ4n) is 3.91. The number of thiocarbonyl (C=S) groups is 1. The van der Waals surface area contributed by atoms with Gasteiger partial charge in [0, 0.05) is 62.1 Å². The lowest BCUT2D eigenvalue weighted by atomic mass is 10.1. The Balaban J connectivity index is 1.37. The van der Waals surface area contributed by atoms with Gasteiger partial charge in [0.05, 0.1) is 5.69 Å². The van der Waals surface area contributed by atoms with Gasteiger partial charge >= 0.3 is 0 Å². The zero-order chi connectivity index (χ0) is 19.7. The quantitative estimate of drug-likeness (QED) is 0.687. The van der Waals surface area contributed by atoms with Crippen molar-refractivity contribution >= 4 is 33.8 Å². The second-order valence-electron chi connectivity index (χ2n) is 7.49. The third-order valence-corrected chi connectivity index (χ3v) is 6.09. The molecule has 1 fully saturated rings. The van der Waals surface area contributed by atoms with Crippen LogP contribution in [0.5, 0.6) is 0 Å². The molecule has 0 bridgehead atoms. The molecule has 6 heteroatoms. The first kappa shape index (κ1) is 18.9. The van der Waals surface area contributed by atoms with Crippen molar-refractivity contribution in [1.29, 1.82) is 0 Å². The molecule has 146 valence electrons. The number of rotatable bonds is 3. The van der Waals surface area contributed by atoms with Gasteiger partial charge in [-0.2, -0.15) is 5.10 Å². The first-order chi connectivity index (χ1) is 13.5. The van der Waals surface area contributed by atoms with Crippen molar-refractivity contribution in [2.24, 2.45) is 7.05 Å². The Kier molecular flexibility index (Phi) is 5.33. The maximum atomic E-state index is 5.72. The highest BCUT2D eigenvalue weighted by atomic mass is 32.1. The summed E-state index contributed by atoms with van der Waals surface area (Å²) in [6.07, 6.45) is 0. The summed E-state index contributed by atoms with van der Waals surface area (Å²) in [5, 5.41) is 11.2. The standard InChI is InChI=1S/C22H27N5S/c1-16-20(17(2)25(3)24-16)15-26-11-13-27(14-12-26)22(28)23-21-10-6-8-18-7-4-5-9-19(18)21/h4-10H,11-15H2,1-3H3,(H,23,28). The Morgan fingerprint density at radius 3 is 2.46 bits per heavy atom. The molecule has 1 aromatic heterocycles. The maximum Gasteiger partial charge on any atom is 0.173 e. The average molecular weight is 394 g/mol. The van der Waals surface area contributed by atoms with E-state index in [4.69, 9.17) is 12.2 Å². The summed E-state index contributed by atoms with van der Waals surface area (Å²) in [6.45, 7) is 9.10. The van der Waals surface area contributed by atoms with Crippen LogP contribution in [0, 0.1) is 13.8 Å². The summed E-state index contributed by atoms with van der Waals surface area (Å²) >= 11 is 5.72. The first-order valence-corrected chi connectivity index (χ1v) is 10.2. The second kappa shape index (κ2) is 7.89. The van der Waals surface area contributed by atoms with Gasteiger partial charge in [0.15, 0.2) is 5.11 Å². The topological polar surface area (TPSA) is 36.3 Å². The van der Waals surface area contributed by atoms with Gasteiger partial charge in [-0.25, -0.2) is 0 Å². The van der Waals surface area contributed by atoms with E-state index in [1.807, 2.05) is 11.7 Å². The van der Waals surface area contributed by atoms with E-state index in [1.54, 1.807) is 0 Å². The molecule has 0 radical (unpaired) electrons. The summed E-state index contributed by atoms with van der Waals surface area (Å²) in [5.41, 5.74) is 4.82. The maximum absolute atomic E-state index is 5.72. The fourth-order valence-corrected chi connectivity index (χ4v) is 4.20. The molecule has 2 heterocycles. The molecule has 3 aromatic rings. The van der Waals surface area contributed by atoms with Gasteiger partial charge in [0.1, 0.15) is 0 Å². The van der Waals surface area contributed by atoms with Gasteiger partial charge < -0.3 is 10.2 Å². The van der Waals surface area contributed by atoms with Crippen LogP contribution in [0.25, 0.3) is 10.8 Å². The van der Waals surface area contributed by atoms with E-state index in [2.05, 4.69) is 76.5 Å². The number of nitrogens with one attached hydrogen (secondary N) is 1. The molecule has 0 unspecified atom stereocenters. The summed E-state index contributed by atoms with van der Waals surface area (Å²) < 4.78 is 1.98. The highest BCUT2D eigenvalue weighted by molar-refractivity contribution is 7.80. The molecule has 1 aliphatic rings. The minimum Gasteiger partial charge on any atom is -0.346 e. The number of benzene rings is 2. The Labute approximate surface area is 171 Å². The SMILES string of the molecule is Cc1nn(C)c(C)c1CN1CCN(C(=S)Nc2cccc3ccccc23)CC1. The molecular formula is C22H27N5S. The van der Waals surface area contributed by atoms with Gasteiger partial charge in [-0.15, -0.1) is 0 Å². The Morgan fingerprint density at radius 2 is 1.75 bits per heavy atom. The van der Waals surface area contributed by atoms with Crippen LogP contribution in [0.4, 0.5) is 5.69 Å². The Morgan fingerprint density at radius 1 is 1.04 bits per heavy atom. The molecule has 1 N–H and O–H groups in total.